The van der Waals surface area contributed by atoms with Gasteiger partial charge in [0.25, 0.3) is 5.56 Å². The van der Waals surface area contributed by atoms with Gasteiger partial charge in [-0.25, -0.2) is 0 Å². The Morgan fingerprint density at radius 2 is 2.11 bits per heavy atom. The fraction of sp³-hybridized carbons (Fsp3) is 0.111. The van der Waals surface area contributed by atoms with E-state index in [-0.39, 0.29) is 36.4 Å². The summed E-state index contributed by atoms with van der Waals surface area (Å²) in [5.74, 6) is 0.363. The minimum atomic E-state index is -0.429. The monoisotopic (exact) mass is 309 g/mol. The highest BCUT2D eigenvalue weighted by Crippen LogP contribution is 2.14. The number of nitrogen functional groups attached to an aromatic ring is 2. The molecule has 6 nitrogen and oxygen atoms in total. The molecule has 0 aliphatic carbocycles. The zero-order valence-corrected chi connectivity index (χ0v) is 11.6. The van der Waals surface area contributed by atoms with Gasteiger partial charge in [0.2, 0.25) is 5.95 Å². The van der Waals surface area contributed by atoms with Crippen LogP contribution in [0.5, 0.6) is 0 Å². The first-order valence-corrected chi connectivity index (χ1v) is 5.46. The molecule has 100 valence electrons. The van der Waals surface area contributed by atoms with Gasteiger partial charge in [-0.2, -0.15) is 4.98 Å². The molecule has 6 N–H and O–H groups in total. The molecule has 0 spiro atoms. The fourth-order valence-electron chi connectivity index (χ4n) is 1.22. The predicted octanol–water partition coefficient (Wildman–Crippen LogP) is 1.45. The highest BCUT2D eigenvalue weighted by molar-refractivity contribution is 7.09. The van der Waals surface area contributed by atoms with Crippen molar-refractivity contribution in [1.29, 1.82) is 0 Å². The number of nitrogens with one attached hydrogen (secondary N) is 2. The van der Waals surface area contributed by atoms with Crippen molar-refractivity contribution in [3.63, 3.8) is 0 Å². The quantitative estimate of drug-likeness (QED) is 0.686. The van der Waals surface area contributed by atoms with Crippen molar-refractivity contribution < 1.29 is 0 Å². The molecule has 9 heteroatoms. The lowest BCUT2D eigenvalue weighted by Gasteiger charge is -2.06. The van der Waals surface area contributed by atoms with Gasteiger partial charge in [0.1, 0.15) is 5.69 Å². The summed E-state index contributed by atoms with van der Waals surface area (Å²) in [4.78, 5) is 18.7. The summed E-state index contributed by atoms with van der Waals surface area (Å²) in [6, 6.07) is 3.93. The van der Waals surface area contributed by atoms with Crippen molar-refractivity contribution >= 4 is 53.6 Å². The molecule has 0 saturated heterocycles. The predicted molar refractivity (Wildman–Crippen MR) is 79.8 cm³/mol. The zero-order valence-electron chi connectivity index (χ0n) is 9.17. The molecule has 0 bridgehead atoms. The van der Waals surface area contributed by atoms with E-state index in [1.165, 1.54) is 0 Å². The number of aromatic nitrogens is 2. The van der Waals surface area contributed by atoms with Crippen LogP contribution in [0, 0.1) is 0 Å². The van der Waals surface area contributed by atoms with Crippen molar-refractivity contribution in [3.05, 3.63) is 32.7 Å². The molecule has 0 atom stereocenters. The lowest BCUT2D eigenvalue weighted by molar-refractivity contribution is 1.09. The van der Waals surface area contributed by atoms with Gasteiger partial charge in [-0.15, -0.1) is 36.2 Å². The Balaban J connectivity index is 0.00000144. The second-order valence-corrected chi connectivity index (χ2v) is 4.18. The van der Waals surface area contributed by atoms with E-state index < -0.39 is 5.56 Å². The number of rotatable bonds is 3. The van der Waals surface area contributed by atoms with Crippen molar-refractivity contribution in [2.24, 2.45) is 0 Å². The molecule has 0 saturated carbocycles. The lowest BCUT2D eigenvalue weighted by atomic mass is 10.4. The highest BCUT2D eigenvalue weighted by atomic mass is 35.5. The Kier molecular flexibility index (Phi) is 6.53. The van der Waals surface area contributed by atoms with Crippen LogP contribution < -0.4 is 22.3 Å². The number of hydrogen-bond donors (Lipinski definition) is 4. The van der Waals surface area contributed by atoms with Crippen LogP contribution >= 0.6 is 36.2 Å². The van der Waals surface area contributed by atoms with E-state index in [2.05, 4.69) is 15.3 Å². The molecule has 0 amide bonds. The molecule has 0 aromatic carbocycles. The van der Waals surface area contributed by atoms with E-state index in [4.69, 9.17) is 11.5 Å². The van der Waals surface area contributed by atoms with Gasteiger partial charge < -0.3 is 16.8 Å². The van der Waals surface area contributed by atoms with Crippen LogP contribution in [0.3, 0.4) is 0 Å². The Morgan fingerprint density at radius 1 is 1.39 bits per heavy atom. The van der Waals surface area contributed by atoms with E-state index in [1.54, 1.807) is 11.3 Å². The summed E-state index contributed by atoms with van der Waals surface area (Å²) < 4.78 is 0. The summed E-state index contributed by atoms with van der Waals surface area (Å²) in [5, 5.41) is 4.94. The van der Waals surface area contributed by atoms with E-state index in [0.29, 0.717) is 12.4 Å². The number of H-pyrrole nitrogens is 1. The van der Waals surface area contributed by atoms with Crippen LogP contribution in [0.2, 0.25) is 0 Å². The number of nitrogens with two attached hydrogens (primary N) is 2. The van der Waals surface area contributed by atoms with Crippen molar-refractivity contribution in [2.75, 3.05) is 16.8 Å². The van der Waals surface area contributed by atoms with E-state index in [9.17, 15) is 4.79 Å². The maximum atomic E-state index is 11.3. The molecular weight excluding hydrogens is 297 g/mol. The largest absolute Gasteiger partial charge is 0.391 e. The van der Waals surface area contributed by atoms with Crippen LogP contribution in [0.15, 0.2) is 22.3 Å². The lowest BCUT2D eigenvalue weighted by Crippen LogP contribution is -2.18. The average Bonchev–Trinajstić information content (AvgIpc) is 2.74. The Bertz CT molecular complexity index is 542. The van der Waals surface area contributed by atoms with Crippen LogP contribution in [0.25, 0.3) is 0 Å². The number of halogens is 2. The summed E-state index contributed by atoms with van der Waals surface area (Å²) in [7, 11) is 0. The van der Waals surface area contributed by atoms with E-state index in [0.717, 1.165) is 4.88 Å². The fourth-order valence-corrected chi connectivity index (χ4v) is 1.86. The number of thiophene rings is 1. The SMILES string of the molecule is Cl.Cl.Nc1nc(NCc2cccs2)c(N)c(=O)[nH]1. The minimum Gasteiger partial charge on any atom is -0.391 e. The van der Waals surface area contributed by atoms with E-state index in [1.807, 2.05) is 17.5 Å². The van der Waals surface area contributed by atoms with Crippen LogP contribution in [0.4, 0.5) is 17.5 Å². The Hall–Kier alpha value is -1.44. The molecule has 2 aromatic rings. The molecule has 2 aromatic heterocycles. The van der Waals surface area contributed by atoms with Gasteiger partial charge in [-0.05, 0) is 11.4 Å². The molecule has 18 heavy (non-hydrogen) atoms. The standard InChI is InChI=1S/C9H11N5OS.2ClH/c10-6-7(13-9(11)14-8(6)15)12-4-5-2-1-3-16-5;;/h1-3H,4,10H2,(H4,11,12,13,14,15);2*1H. The number of aromatic amines is 1. The van der Waals surface area contributed by atoms with Crippen molar-refractivity contribution in [1.82, 2.24) is 9.97 Å². The summed E-state index contributed by atoms with van der Waals surface area (Å²) in [6.45, 7) is 0.567. The van der Waals surface area contributed by atoms with Gasteiger partial charge in [-0.3, -0.25) is 9.78 Å². The van der Waals surface area contributed by atoms with Crippen LogP contribution in [-0.2, 0) is 6.54 Å². The number of hydrogen-bond acceptors (Lipinski definition) is 6. The van der Waals surface area contributed by atoms with Crippen LogP contribution in [-0.4, -0.2) is 9.97 Å². The van der Waals surface area contributed by atoms with Gasteiger partial charge in [0, 0.05) is 4.88 Å². The van der Waals surface area contributed by atoms with Crippen LogP contribution in [0.1, 0.15) is 4.88 Å². The van der Waals surface area contributed by atoms with Crippen molar-refractivity contribution in [3.8, 4) is 0 Å². The molecule has 2 rings (SSSR count). The second kappa shape index (κ2) is 7.10. The molecule has 0 fully saturated rings. The highest BCUT2D eigenvalue weighted by Gasteiger charge is 2.06. The molecule has 0 unspecified atom stereocenters. The number of anilines is 3. The average molecular weight is 310 g/mol. The molecule has 2 heterocycles. The zero-order chi connectivity index (χ0) is 11.5. The van der Waals surface area contributed by atoms with Gasteiger partial charge in [0.15, 0.2) is 5.82 Å². The number of nitrogens with zero attached hydrogens (tertiary/aromatic N) is 1. The summed E-state index contributed by atoms with van der Waals surface area (Å²) >= 11 is 1.61. The third-order valence-electron chi connectivity index (χ3n) is 1.98. The molecule has 0 radical (unpaired) electrons. The first kappa shape index (κ1) is 16.6. The van der Waals surface area contributed by atoms with Crippen molar-refractivity contribution in [2.45, 2.75) is 6.54 Å². The van der Waals surface area contributed by atoms with E-state index >= 15 is 0 Å². The third kappa shape index (κ3) is 3.80. The summed E-state index contributed by atoms with van der Waals surface area (Å²) in [5.41, 5.74) is 10.6. The third-order valence-corrected chi connectivity index (χ3v) is 2.86. The maximum absolute atomic E-state index is 11.3. The van der Waals surface area contributed by atoms with Gasteiger partial charge in [-0.1, -0.05) is 6.07 Å². The summed E-state index contributed by atoms with van der Waals surface area (Å²) in [6.07, 6.45) is 0. The molecular formula is C9H13Cl2N5OS. The first-order chi connectivity index (χ1) is 7.66. The normalized spacial score (nSPS) is 9.11. The maximum Gasteiger partial charge on any atom is 0.277 e. The smallest absolute Gasteiger partial charge is 0.277 e. The Labute approximate surface area is 120 Å². The second-order valence-electron chi connectivity index (χ2n) is 3.15. The minimum absolute atomic E-state index is 0. The van der Waals surface area contributed by atoms with Gasteiger partial charge >= 0.3 is 0 Å². The van der Waals surface area contributed by atoms with Gasteiger partial charge in [0.05, 0.1) is 6.54 Å². The molecule has 0 aliphatic heterocycles. The first-order valence-electron chi connectivity index (χ1n) is 4.58. The Morgan fingerprint density at radius 3 is 2.72 bits per heavy atom. The topological polar surface area (TPSA) is 110 Å². The molecule has 0 aliphatic rings.